The predicted molar refractivity (Wildman–Crippen MR) is 215 cm³/mol. The van der Waals surface area contributed by atoms with Gasteiger partial charge in [0.25, 0.3) is 11.8 Å². The van der Waals surface area contributed by atoms with Gasteiger partial charge in [-0.05, 0) is 93.1 Å². The zero-order valence-electron chi connectivity index (χ0n) is 32.2. The third kappa shape index (κ3) is 13.3. The Hall–Kier alpha value is -4.17. The molecule has 53 heavy (non-hydrogen) atoms. The lowest BCUT2D eigenvalue weighted by molar-refractivity contribution is -0.126. The van der Waals surface area contributed by atoms with Gasteiger partial charge in [0.1, 0.15) is 6.04 Å². The molecule has 0 aliphatic carbocycles. The normalized spacial score (nSPS) is 14.4. The highest BCUT2D eigenvalue weighted by Crippen LogP contribution is 2.29. The van der Waals surface area contributed by atoms with E-state index in [0.29, 0.717) is 47.6 Å². The van der Waals surface area contributed by atoms with Gasteiger partial charge in [0.15, 0.2) is 0 Å². The molecule has 0 radical (unpaired) electrons. The number of fused-ring (bicyclic) bond motifs is 5. The fraction of sp³-hybridized carbons (Fsp3) is 0.500. The van der Waals surface area contributed by atoms with E-state index < -0.39 is 11.6 Å². The molecule has 4 bridgehead atoms. The molecule has 8 nitrogen and oxygen atoms in total. The molecule has 4 amide bonds. The Bertz CT molecular complexity index is 1650. The predicted octanol–water partition coefficient (Wildman–Crippen LogP) is 9.38. The van der Waals surface area contributed by atoms with E-state index in [2.05, 4.69) is 17.6 Å². The molecule has 0 aromatic heterocycles. The number of nitrogens with one attached hydrogen (secondary N) is 2. The molecule has 0 spiro atoms. The first-order valence-corrected chi connectivity index (χ1v) is 20.0. The summed E-state index contributed by atoms with van der Waals surface area (Å²) in [5, 5.41) is 6.65. The quantitative estimate of drug-likeness (QED) is 0.143. The number of hydrogen-bond donors (Lipinski definition) is 2. The minimum Gasteiger partial charge on any atom is -0.354 e. The molecular weight excluding hydrogens is 684 g/mol. The van der Waals surface area contributed by atoms with Crippen LogP contribution in [0.4, 0.5) is 0 Å². The number of nitrogens with zero attached hydrogens (tertiary/aromatic N) is 2. The topological polar surface area (TPSA) is 98.8 Å². The first-order valence-electron chi connectivity index (χ1n) is 19.6. The first-order chi connectivity index (χ1) is 25.5. The van der Waals surface area contributed by atoms with Crippen LogP contribution in [-0.4, -0.2) is 65.1 Å². The SMILES string of the molecule is CCCCCCCCCCCCNC(=O)C(c1ccc(Cl)cc1)N1CCCCN(CC(=O)NC(C)(C)C)C(=O)c2cccc(c2)-c2cccc(c2)C1=O. The minimum absolute atomic E-state index is 0.0901. The van der Waals surface area contributed by atoms with Crippen LogP contribution >= 0.6 is 11.6 Å². The van der Waals surface area contributed by atoms with Crippen molar-refractivity contribution in [2.24, 2.45) is 0 Å². The summed E-state index contributed by atoms with van der Waals surface area (Å²) in [5.41, 5.74) is 2.70. The van der Waals surface area contributed by atoms with Gasteiger partial charge >= 0.3 is 0 Å². The van der Waals surface area contributed by atoms with Crippen LogP contribution in [0.1, 0.15) is 137 Å². The number of benzene rings is 3. The zero-order valence-corrected chi connectivity index (χ0v) is 33.0. The second kappa shape index (κ2) is 20.9. The van der Waals surface area contributed by atoms with E-state index >= 15 is 0 Å². The number of rotatable bonds is 16. The van der Waals surface area contributed by atoms with Crippen molar-refractivity contribution in [2.45, 2.75) is 116 Å². The van der Waals surface area contributed by atoms with Crippen molar-refractivity contribution in [1.82, 2.24) is 20.4 Å². The lowest BCUT2D eigenvalue weighted by Gasteiger charge is -2.32. The summed E-state index contributed by atoms with van der Waals surface area (Å²) >= 11 is 6.27. The third-order valence-corrected chi connectivity index (χ3v) is 9.85. The Morgan fingerprint density at radius 3 is 1.83 bits per heavy atom. The maximum Gasteiger partial charge on any atom is 0.254 e. The second-order valence-electron chi connectivity index (χ2n) is 15.3. The number of unbranched alkanes of at least 4 members (excludes halogenated alkanes) is 9. The van der Waals surface area contributed by atoms with Gasteiger partial charge in [-0.1, -0.05) is 113 Å². The van der Waals surface area contributed by atoms with Crippen LogP contribution in [0.25, 0.3) is 11.1 Å². The number of halogens is 1. The van der Waals surface area contributed by atoms with Gasteiger partial charge < -0.3 is 20.4 Å². The molecule has 286 valence electrons. The van der Waals surface area contributed by atoms with E-state index in [4.69, 9.17) is 11.6 Å². The number of amides is 4. The van der Waals surface area contributed by atoms with E-state index in [1.165, 1.54) is 44.9 Å². The van der Waals surface area contributed by atoms with Crippen molar-refractivity contribution >= 4 is 35.2 Å². The first kappa shape index (κ1) is 41.6. The molecule has 1 aliphatic heterocycles. The average molecular weight is 743 g/mol. The maximum atomic E-state index is 14.5. The van der Waals surface area contributed by atoms with Gasteiger partial charge in [-0.3, -0.25) is 19.2 Å². The Kier molecular flexibility index (Phi) is 16.4. The highest BCUT2D eigenvalue weighted by molar-refractivity contribution is 6.30. The van der Waals surface area contributed by atoms with E-state index in [-0.39, 0.29) is 36.7 Å². The molecule has 3 aromatic rings. The second-order valence-corrected chi connectivity index (χ2v) is 15.8. The fourth-order valence-corrected chi connectivity index (χ4v) is 6.99. The van der Waals surface area contributed by atoms with Gasteiger partial charge in [0, 0.05) is 41.3 Å². The van der Waals surface area contributed by atoms with Crippen molar-refractivity contribution in [1.29, 1.82) is 0 Å². The van der Waals surface area contributed by atoms with Crippen LogP contribution in [-0.2, 0) is 9.59 Å². The Labute approximate surface area is 322 Å². The Morgan fingerprint density at radius 2 is 1.25 bits per heavy atom. The summed E-state index contributed by atoms with van der Waals surface area (Å²) in [6, 6.07) is 20.8. The van der Waals surface area contributed by atoms with Gasteiger partial charge in [-0.2, -0.15) is 0 Å². The highest BCUT2D eigenvalue weighted by atomic mass is 35.5. The molecule has 1 heterocycles. The van der Waals surface area contributed by atoms with E-state index in [9.17, 15) is 19.2 Å². The molecule has 3 aromatic carbocycles. The van der Waals surface area contributed by atoms with Gasteiger partial charge in [0.2, 0.25) is 11.8 Å². The Morgan fingerprint density at radius 1 is 0.717 bits per heavy atom. The molecule has 9 heteroatoms. The largest absolute Gasteiger partial charge is 0.354 e. The van der Waals surface area contributed by atoms with Crippen molar-refractivity contribution in [3.05, 3.63) is 94.5 Å². The van der Waals surface area contributed by atoms with E-state index in [1.54, 1.807) is 34.1 Å². The van der Waals surface area contributed by atoms with Crippen LogP contribution in [0.5, 0.6) is 0 Å². The molecule has 2 N–H and O–H groups in total. The minimum atomic E-state index is -0.891. The van der Waals surface area contributed by atoms with Crippen molar-refractivity contribution in [3.63, 3.8) is 0 Å². The monoisotopic (exact) mass is 742 g/mol. The highest BCUT2D eigenvalue weighted by Gasteiger charge is 2.32. The summed E-state index contributed by atoms with van der Waals surface area (Å²) in [5.74, 6) is -0.972. The fourth-order valence-electron chi connectivity index (χ4n) is 6.87. The van der Waals surface area contributed by atoms with Gasteiger partial charge in [-0.25, -0.2) is 0 Å². The van der Waals surface area contributed by atoms with Crippen LogP contribution < -0.4 is 10.6 Å². The van der Waals surface area contributed by atoms with Crippen LogP contribution in [0.3, 0.4) is 0 Å². The summed E-state index contributed by atoms with van der Waals surface area (Å²) in [4.78, 5) is 58.8. The van der Waals surface area contributed by atoms with Crippen LogP contribution in [0.2, 0.25) is 5.02 Å². The van der Waals surface area contributed by atoms with Crippen molar-refractivity contribution in [2.75, 3.05) is 26.2 Å². The molecule has 1 unspecified atom stereocenters. The summed E-state index contributed by atoms with van der Waals surface area (Å²) in [6.45, 7) is 8.97. The number of carbonyl (C=O) groups excluding carboxylic acids is 4. The molecule has 0 saturated carbocycles. The van der Waals surface area contributed by atoms with E-state index in [0.717, 1.165) is 30.4 Å². The average Bonchev–Trinajstić information content (AvgIpc) is 3.13. The lowest BCUT2D eigenvalue weighted by Crippen LogP contribution is -2.47. The molecule has 0 fully saturated rings. The molecule has 1 atom stereocenters. The standard InChI is InChI=1S/C44H59ClN4O4/c1-5-6-7-8-9-10-11-12-13-14-27-46-41(51)40(33-23-25-38(45)26-24-33)49-29-16-15-28-48(32-39(50)47-44(2,3)4)42(52)36-21-17-19-34(30-36)35-20-18-22-37(31-35)43(49)53/h17-26,30-31,40H,5-16,27-29,32H2,1-4H3,(H,46,51)(H,47,50). The smallest absolute Gasteiger partial charge is 0.254 e. The van der Waals surface area contributed by atoms with Gasteiger partial charge in [-0.15, -0.1) is 0 Å². The van der Waals surface area contributed by atoms with Gasteiger partial charge in [0.05, 0.1) is 6.54 Å². The number of hydrogen-bond acceptors (Lipinski definition) is 4. The summed E-state index contributed by atoms with van der Waals surface area (Å²) in [7, 11) is 0. The molecule has 4 rings (SSSR count). The Balaban J connectivity index is 1.57. The van der Waals surface area contributed by atoms with Crippen LogP contribution in [0, 0.1) is 0 Å². The van der Waals surface area contributed by atoms with Crippen LogP contribution in [0.15, 0.2) is 72.8 Å². The summed E-state index contributed by atoms with van der Waals surface area (Å²) in [6.07, 6.45) is 13.1. The zero-order chi connectivity index (χ0) is 38.2. The lowest BCUT2D eigenvalue weighted by atomic mass is 9.98. The van der Waals surface area contributed by atoms with Crippen molar-refractivity contribution < 1.29 is 19.2 Å². The third-order valence-electron chi connectivity index (χ3n) is 9.60. The maximum absolute atomic E-state index is 14.5. The van der Waals surface area contributed by atoms with Crippen molar-refractivity contribution in [3.8, 4) is 11.1 Å². The van der Waals surface area contributed by atoms with E-state index in [1.807, 2.05) is 69.3 Å². The number of carbonyl (C=O) groups is 4. The molecule has 0 saturated heterocycles. The molecular formula is C44H59ClN4O4. The molecule has 1 aliphatic rings. The summed E-state index contributed by atoms with van der Waals surface area (Å²) < 4.78 is 0.